The zero-order chi connectivity index (χ0) is 13.9. The molecule has 0 saturated carbocycles. The lowest BCUT2D eigenvalue weighted by Gasteiger charge is -2.40. The van der Waals surface area contributed by atoms with E-state index in [9.17, 15) is 5.11 Å². The molecule has 1 saturated heterocycles. The number of aliphatic hydroxyl groups is 1. The number of aliphatic hydroxyl groups excluding tert-OH is 1. The number of benzene rings is 1. The molecule has 0 atom stereocenters. The van der Waals surface area contributed by atoms with Crippen molar-refractivity contribution in [3.05, 3.63) is 27.7 Å². The molecule has 1 heterocycles. The van der Waals surface area contributed by atoms with E-state index < -0.39 is 0 Å². The largest absolute Gasteiger partial charge is 0.495 e. The van der Waals surface area contributed by atoms with Crippen molar-refractivity contribution in [2.45, 2.75) is 6.54 Å². The Morgan fingerprint density at radius 2 is 2.16 bits per heavy atom. The van der Waals surface area contributed by atoms with Crippen LogP contribution in [-0.2, 0) is 11.3 Å². The molecule has 0 amide bonds. The van der Waals surface area contributed by atoms with Gasteiger partial charge >= 0.3 is 0 Å². The van der Waals surface area contributed by atoms with Crippen LogP contribution in [0.3, 0.4) is 0 Å². The molecule has 0 unspecified atom stereocenters. The first-order chi connectivity index (χ1) is 9.10. The van der Waals surface area contributed by atoms with Crippen molar-refractivity contribution in [3.63, 3.8) is 0 Å². The normalized spacial score (nSPS) is 17.1. The summed E-state index contributed by atoms with van der Waals surface area (Å²) in [6.07, 6.45) is 0. The van der Waals surface area contributed by atoms with Crippen molar-refractivity contribution < 1.29 is 14.6 Å². The number of methoxy groups -OCH3 is 1. The topological polar surface area (TPSA) is 50.7 Å². The molecule has 0 radical (unpaired) electrons. The Morgan fingerprint density at radius 3 is 2.68 bits per heavy atom. The van der Waals surface area contributed by atoms with Gasteiger partial charge in [0.2, 0.25) is 0 Å². The molecule has 1 aliphatic heterocycles. The second kappa shape index (κ2) is 6.29. The molecular weight excluding hydrogens is 289 g/mol. The van der Waals surface area contributed by atoms with Gasteiger partial charge in [0, 0.05) is 23.7 Å². The molecule has 19 heavy (non-hydrogen) atoms. The zero-order valence-corrected chi connectivity index (χ0v) is 12.2. The summed E-state index contributed by atoms with van der Waals surface area (Å²) in [5.74, 6) is 0.626. The van der Waals surface area contributed by atoms with Crippen LogP contribution in [0.25, 0.3) is 0 Å². The van der Waals surface area contributed by atoms with E-state index in [-0.39, 0.29) is 12.0 Å². The van der Waals surface area contributed by atoms with Crippen molar-refractivity contribution in [2.24, 2.45) is 5.41 Å². The summed E-state index contributed by atoms with van der Waals surface area (Å²) in [4.78, 5) is 0. The second-order valence-electron chi connectivity index (χ2n) is 4.83. The predicted octanol–water partition coefficient (Wildman–Crippen LogP) is 2.10. The molecule has 6 heteroatoms. The van der Waals surface area contributed by atoms with Crippen LogP contribution in [0.5, 0.6) is 5.75 Å². The van der Waals surface area contributed by atoms with Crippen LogP contribution in [0.1, 0.15) is 5.56 Å². The zero-order valence-electron chi connectivity index (χ0n) is 10.7. The fourth-order valence-electron chi connectivity index (χ4n) is 2.08. The molecule has 1 aliphatic rings. The second-order valence-corrected chi connectivity index (χ2v) is 5.68. The van der Waals surface area contributed by atoms with E-state index in [1.807, 2.05) is 6.07 Å². The lowest BCUT2D eigenvalue weighted by molar-refractivity contribution is -0.134. The van der Waals surface area contributed by atoms with Gasteiger partial charge in [-0.15, -0.1) is 0 Å². The Hall–Kier alpha value is -0.520. The van der Waals surface area contributed by atoms with Crippen molar-refractivity contribution in [2.75, 3.05) is 33.5 Å². The van der Waals surface area contributed by atoms with Crippen molar-refractivity contribution in [3.8, 4) is 5.75 Å². The highest BCUT2D eigenvalue weighted by Crippen LogP contribution is 2.32. The first-order valence-electron chi connectivity index (χ1n) is 6.01. The van der Waals surface area contributed by atoms with E-state index in [2.05, 4.69) is 5.32 Å². The van der Waals surface area contributed by atoms with E-state index in [4.69, 9.17) is 32.7 Å². The molecule has 0 aliphatic carbocycles. The molecule has 4 nitrogen and oxygen atoms in total. The van der Waals surface area contributed by atoms with Gasteiger partial charge in [-0.2, -0.15) is 0 Å². The number of hydrogen-bond donors (Lipinski definition) is 2. The summed E-state index contributed by atoms with van der Waals surface area (Å²) in [5, 5.41) is 13.7. The smallest absolute Gasteiger partial charge is 0.142 e. The summed E-state index contributed by atoms with van der Waals surface area (Å²) in [7, 11) is 1.58. The minimum atomic E-state index is -0.157. The molecule has 1 aromatic carbocycles. The Balaban J connectivity index is 1.99. The molecule has 0 bridgehead atoms. The van der Waals surface area contributed by atoms with Crippen LogP contribution in [0.15, 0.2) is 12.1 Å². The standard InChI is InChI=1S/C13H17Cl2NO3/c1-18-12-9(2-10(14)3-11(12)15)4-16-5-13(6-17)7-19-8-13/h2-3,16-17H,4-8H2,1H3. The first-order valence-corrected chi connectivity index (χ1v) is 6.77. The first kappa shape index (κ1) is 14.9. The van der Waals surface area contributed by atoms with Crippen LogP contribution >= 0.6 is 23.2 Å². The van der Waals surface area contributed by atoms with E-state index in [1.54, 1.807) is 13.2 Å². The minimum Gasteiger partial charge on any atom is -0.495 e. The Kier molecular flexibility index (Phi) is 4.92. The van der Waals surface area contributed by atoms with Gasteiger partial charge in [0.15, 0.2) is 0 Å². The monoisotopic (exact) mass is 305 g/mol. The van der Waals surface area contributed by atoms with Gasteiger partial charge in [0.1, 0.15) is 5.75 Å². The maximum Gasteiger partial charge on any atom is 0.142 e. The van der Waals surface area contributed by atoms with Crippen molar-refractivity contribution in [1.29, 1.82) is 0 Å². The van der Waals surface area contributed by atoms with Crippen LogP contribution in [0.2, 0.25) is 10.0 Å². The van der Waals surface area contributed by atoms with E-state index in [1.165, 1.54) is 0 Å². The molecular formula is C13H17Cl2NO3. The summed E-state index contributed by atoms with van der Waals surface area (Å²) in [5.41, 5.74) is 0.739. The number of ether oxygens (including phenoxy) is 2. The molecule has 2 N–H and O–H groups in total. The van der Waals surface area contributed by atoms with Gasteiger partial charge in [-0.3, -0.25) is 0 Å². The molecule has 1 fully saturated rings. The molecule has 106 valence electrons. The van der Waals surface area contributed by atoms with Gasteiger partial charge in [-0.1, -0.05) is 23.2 Å². The van der Waals surface area contributed by atoms with Crippen molar-refractivity contribution >= 4 is 23.2 Å². The lowest BCUT2D eigenvalue weighted by Crippen LogP contribution is -2.52. The van der Waals surface area contributed by atoms with Gasteiger partial charge in [0.05, 0.1) is 37.4 Å². The SMILES string of the molecule is COc1c(Cl)cc(Cl)cc1CNCC1(CO)COC1. The molecule has 1 aromatic rings. The Labute approximate surface area is 122 Å². The van der Waals surface area contributed by atoms with E-state index >= 15 is 0 Å². The fourth-order valence-corrected chi connectivity index (χ4v) is 2.69. The average molecular weight is 306 g/mol. The molecule has 2 rings (SSSR count). The Bertz CT molecular complexity index is 444. The quantitative estimate of drug-likeness (QED) is 0.845. The van der Waals surface area contributed by atoms with Gasteiger partial charge < -0.3 is 19.9 Å². The lowest BCUT2D eigenvalue weighted by atomic mass is 9.87. The number of nitrogens with one attached hydrogen (secondary N) is 1. The van der Waals surface area contributed by atoms with Crippen molar-refractivity contribution in [1.82, 2.24) is 5.32 Å². The van der Waals surface area contributed by atoms with Crippen LogP contribution in [0.4, 0.5) is 0 Å². The predicted molar refractivity (Wildman–Crippen MR) is 75.1 cm³/mol. The average Bonchev–Trinajstić information content (AvgIpc) is 2.32. The van der Waals surface area contributed by atoms with Crippen LogP contribution in [-0.4, -0.2) is 38.6 Å². The number of halogens is 2. The third-order valence-electron chi connectivity index (χ3n) is 3.26. The number of hydrogen-bond acceptors (Lipinski definition) is 4. The van der Waals surface area contributed by atoms with E-state index in [0.717, 1.165) is 5.56 Å². The highest BCUT2D eigenvalue weighted by molar-refractivity contribution is 6.35. The Morgan fingerprint density at radius 1 is 1.42 bits per heavy atom. The highest BCUT2D eigenvalue weighted by atomic mass is 35.5. The van der Waals surface area contributed by atoms with Crippen LogP contribution in [0, 0.1) is 5.41 Å². The third kappa shape index (κ3) is 3.33. The third-order valence-corrected chi connectivity index (χ3v) is 3.76. The van der Waals surface area contributed by atoms with Crippen LogP contribution < -0.4 is 10.1 Å². The molecule has 0 spiro atoms. The maximum absolute atomic E-state index is 9.34. The maximum atomic E-state index is 9.34. The summed E-state index contributed by atoms with van der Waals surface area (Å²) >= 11 is 12.1. The van der Waals surface area contributed by atoms with Gasteiger partial charge in [-0.05, 0) is 12.1 Å². The fraction of sp³-hybridized carbons (Fsp3) is 0.538. The molecule has 0 aromatic heterocycles. The minimum absolute atomic E-state index is 0.118. The van der Waals surface area contributed by atoms with Gasteiger partial charge in [0.25, 0.3) is 0 Å². The summed E-state index contributed by atoms with van der Waals surface area (Å²) in [6.45, 7) is 2.54. The van der Waals surface area contributed by atoms with Gasteiger partial charge in [-0.25, -0.2) is 0 Å². The summed E-state index contributed by atoms with van der Waals surface area (Å²) in [6, 6.07) is 3.47. The number of rotatable bonds is 6. The summed E-state index contributed by atoms with van der Waals surface area (Å²) < 4.78 is 10.4. The highest BCUT2D eigenvalue weighted by Gasteiger charge is 2.37. The van der Waals surface area contributed by atoms with E-state index in [0.29, 0.717) is 42.1 Å².